The smallest absolute Gasteiger partial charge is 0.320 e. The molecule has 0 aromatic carbocycles. The third-order valence-electron chi connectivity index (χ3n) is 4.93. The summed E-state index contributed by atoms with van der Waals surface area (Å²) in [5, 5.41) is 8.74. The molecule has 1 unspecified atom stereocenters. The highest BCUT2D eigenvalue weighted by molar-refractivity contribution is 5.74. The van der Waals surface area contributed by atoms with Crippen LogP contribution in [0.2, 0.25) is 0 Å². The lowest BCUT2D eigenvalue weighted by Crippen LogP contribution is -2.42. The van der Waals surface area contributed by atoms with Gasteiger partial charge in [0.25, 0.3) is 0 Å². The van der Waals surface area contributed by atoms with E-state index < -0.39 is 5.97 Å². The zero-order valence-corrected chi connectivity index (χ0v) is 13.3. The number of carboxylic acid groups (broad SMARTS) is 1. The number of likely N-dealkylation sites (tertiary alicyclic amines) is 2. The summed E-state index contributed by atoms with van der Waals surface area (Å²) in [4.78, 5) is 27.1. The van der Waals surface area contributed by atoms with Gasteiger partial charge >= 0.3 is 12.0 Å². The second-order valence-electron chi connectivity index (χ2n) is 7.32. The van der Waals surface area contributed by atoms with E-state index in [-0.39, 0.29) is 12.5 Å². The first kappa shape index (κ1) is 16.1. The zero-order valence-electron chi connectivity index (χ0n) is 13.3. The van der Waals surface area contributed by atoms with Crippen LogP contribution in [0.1, 0.15) is 52.4 Å². The molecule has 2 fully saturated rings. The van der Waals surface area contributed by atoms with Gasteiger partial charge in [0.2, 0.25) is 0 Å². The topological polar surface area (TPSA) is 60.9 Å². The fraction of sp³-hybridized carbons (Fsp3) is 0.875. The lowest BCUT2D eigenvalue weighted by molar-refractivity contribution is -0.137. The Kier molecular flexibility index (Phi) is 5.12. The molecule has 21 heavy (non-hydrogen) atoms. The van der Waals surface area contributed by atoms with Crippen molar-refractivity contribution in [2.24, 2.45) is 11.3 Å². The molecule has 0 saturated carbocycles. The average Bonchev–Trinajstić information content (AvgIpc) is 2.80. The maximum atomic E-state index is 12.6. The van der Waals surface area contributed by atoms with Crippen LogP contribution in [0.25, 0.3) is 0 Å². The van der Waals surface area contributed by atoms with Crippen molar-refractivity contribution in [1.29, 1.82) is 0 Å². The van der Waals surface area contributed by atoms with Crippen LogP contribution in [0.15, 0.2) is 0 Å². The molecular formula is C16H28N2O3. The van der Waals surface area contributed by atoms with Crippen molar-refractivity contribution in [3.63, 3.8) is 0 Å². The van der Waals surface area contributed by atoms with Crippen LogP contribution in [0.5, 0.6) is 0 Å². The number of hydrogen-bond donors (Lipinski definition) is 1. The summed E-state index contributed by atoms with van der Waals surface area (Å²) in [6, 6.07) is 0.158. The number of amides is 2. The van der Waals surface area contributed by atoms with E-state index in [9.17, 15) is 9.59 Å². The quantitative estimate of drug-likeness (QED) is 0.871. The average molecular weight is 296 g/mol. The maximum Gasteiger partial charge on any atom is 0.320 e. The predicted octanol–water partition coefficient (Wildman–Crippen LogP) is 2.81. The molecule has 0 aromatic rings. The monoisotopic (exact) mass is 296 g/mol. The summed E-state index contributed by atoms with van der Waals surface area (Å²) in [7, 11) is 0. The lowest BCUT2D eigenvalue weighted by Gasteiger charge is -2.28. The Hall–Kier alpha value is -1.26. The van der Waals surface area contributed by atoms with Gasteiger partial charge in [0.05, 0.1) is 0 Å². The third-order valence-corrected chi connectivity index (χ3v) is 4.93. The van der Waals surface area contributed by atoms with Crippen LogP contribution < -0.4 is 0 Å². The Morgan fingerprint density at radius 1 is 1.14 bits per heavy atom. The molecule has 2 amide bonds. The van der Waals surface area contributed by atoms with Gasteiger partial charge in [0, 0.05) is 32.6 Å². The van der Waals surface area contributed by atoms with Crippen molar-refractivity contribution in [2.75, 3.05) is 26.2 Å². The molecule has 0 radical (unpaired) electrons. The maximum absolute atomic E-state index is 12.6. The Morgan fingerprint density at radius 3 is 2.62 bits per heavy atom. The zero-order chi connectivity index (χ0) is 15.5. The van der Waals surface area contributed by atoms with Gasteiger partial charge in [0.15, 0.2) is 0 Å². The summed E-state index contributed by atoms with van der Waals surface area (Å²) in [5.74, 6) is -0.386. The van der Waals surface area contributed by atoms with E-state index in [1.165, 1.54) is 6.42 Å². The predicted molar refractivity (Wildman–Crippen MR) is 81.2 cm³/mol. The fourth-order valence-electron chi connectivity index (χ4n) is 3.38. The Balaban J connectivity index is 1.82. The van der Waals surface area contributed by atoms with Crippen molar-refractivity contribution in [2.45, 2.75) is 52.4 Å². The van der Waals surface area contributed by atoms with Gasteiger partial charge in [-0.25, -0.2) is 4.79 Å². The number of urea groups is 1. The molecule has 2 heterocycles. The van der Waals surface area contributed by atoms with E-state index in [1.54, 1.807) is 0 Å². The van der Waals surface area contributed by atoms with Gasteiger partial charge < -0.3 is 14.9 Å². The molecule has 0 aromatic heterocycles. The molecular weight excluding hydrogens is 268 g/mol. The van der Waals surface area contributed by atoms with Crippen LogP contribution in [0.3, 0.4) is 0 Å². The molecule has 1 atom stereocenters. The minimum absolute atomic E-state index is 0.158. The summed E-state index contributed by atoms with van der Waals surface area (Å²) in [6.07, 6.45) is 5.16. The van der Waals surface area contributed by atoms with E-state index in [2.05, 4.69) is 13.8 Å². The van der Waals surface area contributed by atoms with E-state index in [1.807, 2.05) is 9.80 Å². The van der Waals surface area contributed by atoms with E-state index in [0.29, 0.717) is 17.8 Å². The molecule has 0 aliphatic carbocycles. The summed E-state index contributed by atoms with van der Waals surface area (Å²) in [5.41, 5.74) is 0.337. The SMILES string of the molecule is CC1(C)CCCN(C(=O)N2CCC(CCC(=O)O)C2)CC1. The minimum atomic E-state index is -0.741. The van der Waals surface area contributed by atoms with Crippen molar-refractivity contribution < 1.29 is 14.7 Å². The number of carboxylic acids is 1. The Morgan fingerprint density at radius 2 is 1.90 bits per heavy atom. The molecule has 2 rings (SSSR count). The largest absolute Gasteiger partial charge is 0.481 e. The first-order valence-electron chi connectivity index (χ1n) is 8.13. The molecule has 2 saturated heterocycles. The Bertz CT molecular complexity index is 395. The molecule has 120 valence electrons. The van der Waals surface area contributed by atoms with Crippen LogP contribution >= 0.6 is 0 Å². The fourth-order valence-corrected chi connectivity index (χ4v) is 3.38. The highest BCUT2D eigenvalue weighted by Gasteiger charge is 2.31. The highest BCUT2D eigenvalue weighted by Crippen LogP contribution is 2.30. The van der Waals surface area contributed by atoms with E-state index >= 15 is 0 Å². The van der Waals surface area contributed by atoms with E-state index in [0.717, 1.165) is 45.4 Å². The van der Waals surface area contributed by atoms with Crippen LogP contribution in [0.4, 0.5) is 4.79 Å². The molecule has 5 heteroatoms. The Labute approximate surface area is 127 Å². The number of rotatable bonds is 3. The molecule has 2 aliphatic rings. The molecule has 1 N–H and O–H groups in total. The number of carbonyl (C=O) groups excluding carboxylic acids is 1. The van der Waals surface area contributed by atoms with Gasteiger partial charge in [-0.1, -0.05) is 13.8 Å². The molecule has 5 nitrogen and oxygen atoms in total. The highest BCUT2D eigenvalue weighted by atomic mass is 16.4. The number of hydrogen-bond acceptors (Lipinski definition) is 2. The van der Waals surface area contributed by atoms with Crippen molar-refractivity contribution in [3.05, 3.63) is 0 Å². The minimum Gasteiger partial charge on any atom is -0.481 e. The summed E-state index contributed by atoms with van der Waals surface area (Å²) >= 11 is 0. The number of aliphatic carboxylic acids is 1. The molecule has 0 bridgehead atoms. The summed E-state index contributed by atoms with van der Waals surface area (Å²) in [6.45, 7) is 7.77. The van der Waals surface area contributed by atoms with Gasteiger partial charge in [-0.15, -0.1) is 0 Å². The first-order chi connectivity index (χ1) is 9.87. The van der Waals surface area contributed by atoms with Gasteiger partial charge in [-0.05, 0) is 43.4 Å². The molecule has 0 spiro atoms. The lowest BCUT2D eigenvalue weighted by atomic mass is 9.85. The van der Waals surface area contributed by atoms with Crippen LogP contribution in [-0.4, -0.2) is 53.1 Å². The van der Waals surface area contributed by atoms with Crippen LogP contribution in [-0.2, 0) is 4.79 Å². The normalized spacial score (nSPS) is 25.7. The van der Waals surface area contributed by atoms with Crippen molar-refractivity contribution in [3.8, 4) is 0 Å². The summed E-state index contributed by atoms with van der Waals surface area (Å²) < 4.78 is 0. The third kappa shape index (κ3) is 4.61. The first-order valence-corrected chi connectivity index (χ1v) is 8.13. The van der Waals surface area contributed by atoms with Crippen molar-refractivity contribution in [1.82, 2.24) is 9.80 Å². The second kappa shape index (κ2) is 6.67. The number of nitrogens with zero attached hydrogens (tertiary/aromatic N) is 2. The van der Waals surface area contributed by atoms with E-state index in [4.69, 9.17) is 5.11 Å². The second-order valence-corrected chi connectivity index (χ2v) is 7.32. The van der Waals surface area contributed by atoms with Gasteiger partial charge in [-0.2, -0.15) is 0 Å². The van der Waals surface area contributed by atoms with Gasteiger partial charge in [0.1, 0.15) is 0 Å². The van der Waals surface area contributed by atoms with Crippen LogP contribution in [0, 0.1) is 11.3 Å². The van der Waals surface area contributed by atoms with Gasteiger partial charge in [-0.3, -0.25) is 4.79 Å². The molecule has 2 aliphatic heterocycles. The van der Waals surface area contributed by atoms with Crippen molar-refractivity contribution >= 4 is 12.0 Å². The standard InChI is InChI=1S/C16H28N2O3/c1-16(2)7-3-9-17(11-8-16)15(21)18-10-6-13(12-18)4-5-14(19)20/h13H,3-12H2,1-2H3,(H,19,20). The number of carbonyl (C=O) groups is 2.